The van der Waals surface area contributed by atoms with E-state index < -0.39 is 0 Å². The fourth-order valence-electron chi connectivity index (χ4n) is 2.73. The summed E-state index contributed by atoms with van der Waals surface area (Å²) in [6.45, 7) is 6.24. The van der Waals surface area contributed by atoms with Gasteiger partial charge in [0.05, 0.1) is 6.61 Å². The minimum absolute atomic E-state index is 0.184. The molecule has 1 fully saturated rings. The quantitative estimate of drug-likeness (QED) is 0.766. The van der Waals surface area contributed by atoms with Crippen molar-refractivity contribution < 1.29 is 5.11 Å². The SMILES string of the molecule is CCCNC(C)c1cccnc1N(CCO)C1CCC1. The molecule has 0 aliphatic heterocycles. The predicted octanol–water partition coefficient (Wildman–Crippen LogP) is 2.49. The molecule has 1 heterocycles. The molecular formula is C16H27N3O. The van der Waals surface area contributed by atoms with Gasteiger partial charge in [-0.25, -0.2) is 4.98 Å². The molecule has 20 heavy (non-hydrogen) atoms. The molecule has 1 aromatic rings. The highest BCUT2D eigenvalue weighted by Crippen LogP contribution is 2.32. The second-order valence-corrected chi connectivity index (χ2v) is 5.59. The Morgan fingerprint density at radius 3 is 2.90 bits per heavy atom. The van der Waals surface area contributed by atoms with Gasteiger partial charge in [-0.3, -0.25) is 0 Å². The Kier molecular flexibility index (Phi) is 5.80. The van der Waals surface area contributed by atoms with Crippen LogP contribution in [0.1, 0.15) is 51.1 Å². The number of anilines is 1. The van der Waals surface area contributed by atoms with Gasteiger partial charge in [0.15, 0.2) is 0 Å². The summed E-state index contributed by atoms with van der Waals surface area (Å²) >= 11 is 0. The summed E-state index contributed by atoms with van der Waals surface area (Å²) in [6.07, 6.45) is 6.70. The number of hydrogen-bond acceptors (Lipinski definition) is 4. The topological polar surface area (TPSA) is 48.4 Å². The lowest BCUT2D eigenvalue weighted by molar-refractivity contribution is 0.282. The first-order valence-corrected chi connectivity index (χ1v) is 7.83. The molecule has 2 N–H and O–H groups in total. The van der Waals surface area contributed by atoms with Gasteiger partial charge in [0, 0.05) is 30.4 Å². The molecule has 0 spiro atoms. The summed E-state index contributed by atoms with van der Waals surface area (Å²) in [5, 5.41) is 12.9. The van der Waals surface area contributed by atoms with Crippen molar-refractivity contribution in [2.75, 3.05) is 24.6 Å². The Balaban J connectivity index is 2.19. The third-order valence-corrected chi connectivity index (χ3v) is 4.11. The van der Waals surface area contributed by atoms with Gasteiger partial charge < -0.3 is 15.3 Å². The Bertz CT molecular complexity index is 406. The van der Waals surface area contributed by atoms with Crippen LogP contribution in [0.15, 0.2) is 18.3 Å². The predicted molar refractivity (Wildman–Crippen MR) is 83.0 cm³/mol. The number of nitrogens with zero attached hydrogens (tertiary/aromatic N) is 2. The second kappa shape index (κ2) is 7.60. The van der Waals surface area contributed by atoms with Crippen molar-refractivity contribution in [2.45, 2.75) is 51.6 Å². The largest absolute Gasteiger partial charge is 0.395 e. The van der Waals surface area contributed by atoms with Crippen molar-refractivity contribution in [3.63, 3.8) is 0 Å². The number of hydrogen-bond donors (Lipinski definition) is 2. The van der Waals surface area contributed by atoms with Crippen LogP contribution in [-0.4, -0.2) is 35.8 Å². The summed E-state index contributed by atoms with van der Waals surface area (Å²) in [5.41, 5.74) is 1.24. The number of aromatic nitrogens is 1. The van der Waals surface area contributed by atoms with Crippen LogP contribution in [0.5, 0.6) is 0 Å². The van der Waals surface area contributed by atoms with E-state index in [1.165, 1.54) is 24.8 Å². The van der Waals surface area contributed by atoms with Gasteiger partial charge in [0.1, 0.15) is 5.82 Å². The zero-order valence-corrected chi connectivity index (χ0v) is 12.7. The van der Waals surface area contributed by atoms with Crippen molar-refractivity contribution in [3.05, 3.63) is 23.9 Å². The third kappa shape index (κ3) is 3.49. The lowest BCUT2D eigenvalue weighted by Gasteiger charge is -2.39. The van der Waals surface area contributed by atoms with Crippen LogP contribution in [0.4, 0.5) is 5.82 Å². The van der Waals surface area contributed by atoms with E-state index in [4.69, 9.17) is 0 Å². The van der Waals surface area contributed by atoms with E-state index in [0.29, 0.717) is 18.6 Å². The van der Waals surface area contributed by atoms with E-state index in [2.05, 4.69) is 35.1 Å². The van der Waals surface area contributed by atoms with Crippen molar-refractivity contribution in [2.24, 2.45) is 0 Å². The van der Waals surface area contributed by atoms with Crippen LogP contribution in [0.3, 0.4) is 0 Å². The van der Waals surface area contributed by atoms with Gasteiger partial charge >= 0.3 is 0 Å². The van der Waals surface area contributed by atoms with Crippen molar-refractivity contribution >= 4 is 5.82 Å². The van der Waals surface area contributed by atoms with Crippen LogP contribution >= 0.6 is 0 Å². The first-order valence-electron chi connectivity index (χ1n) is 7.83. The smallest absolute Gasteiger partial charge is 0.133 e. The Hall–Kier alpha value is -1.13. The molecule has 112 valence electrons. The lowest BCUT2D eigenvalue weighted by Crippen LogP contribution is -2.43. The number of aliphatic hydroxyl groups excluding tert-OH is 1. The zero-order chi connectivity index (χ0) is 14.4. The van der Waals surface area contributed by atoms with Gasteiger partial charge in [-0.05, 0) is 45.2 Å². The highest BCUT2D eigenvalue weighted by molar-refractivity contribution is 5.49. The minimum Gasteiger partial charge on any atom is -0.395 e. The maximum atomic E-state index is 9.35. The van der Waals surface area contributed by atoms with Crippen LogP contribution in [0, 0.1) is 0 Å². The molecular weight excluding hydrogens is 250 g/mol. The monoisotopic (exact) mass is 277 g/mol. The first-order chi connectivity index (χ1) is 9.77. The van der Waals surface area contributed by atoms with Crippen molar-refractivity contribution in [1.82, 2.24) is 10.3 Å². The molecule has 4 heteroatoms. The zero-order valence-electron chi connectivity index (χ0n) is 12.7. The van der Waals surface area contributed by atoms with Gasteiger partial charge in [-0.1, -0.05) is 13.0 Å². The van der Waals surface area contributed by atoms with E-state index in [9.17, 15) is 5.11 Å². The molecule has 1 atom stereocenters. The average molecular weight is 277 g/mol. The van der Waals surface area contributed by atoms with E-state index in [-0.39, 0.29) is 6.61 Å². The highest BCUT2D eigenvalue weighted by atomic mass is 16.3. The second-order valence-electron chi connectivity index (χ2n) is 5.59. The van der Waals surface area contributed by atoms with E-state index in [0.717, 1.165) is 18.8 Å². The third-order valence-electron chi connectivity index (χ3n) is 4.11. The van der Waals surface area contributed by atoms with Crippen LogP contribution < -0.4 is 10.2 Å². The summed E-state index contributed by atoms with van der Waals surface area (Å²) in [5.74, 6) is 1.04. The van der Waals surface area contributed by atoms with E-state index in [1.807, 2.05) is 12.3 Å². The standard InChI is InChI=1S/C16H27N3O/c1-3-9-17-13(2)15-8-5-10-18-16(15)19(11-12-20)14-6-4-7-14/h5,8,10,13-14,17,20H,3-4,6-7,9,11-12H2,1-2H3. The lowest BCUT2D eigenvalue weighted by atomic mass is 9.91. The number of pyridine rings is 1. The summed E-state index contributed by atoms with van der Waals surface area (Å²) in [7, 11) is 0. The fraction of sp³-hybridized carbons (Fsp3) is 0.688. The summed E-state index contributed by atoms with van der Waals surface area (Å²) < 4.78 is 0. The number of rotatable bonds is 8. The molecule has 0 aromatic carbocycles. The molecule has 4 nitrogen and oxygen atoms in total. The Morgan fingerprint density at radius 2 is 2.30 bits per heavy atom. The first kappa shape index (κ1) is 15.3. The van der Waals surface area contributed by atoms with Gasteiger partial charge in [0.2, 0.25) is 0 Å². The Labute approximate surface area is 122 Å². The number of nitrogens with one attached hydrogen (secondary N) is 1. The molecule has 1 aliphatic carbocycles. The number of aliphatic hydroxyl groups is 1. The normalized spacial score (nSPS) is 16.8. The Morgan fingerprint density at radius 1 is 1.50 bits per heavy atom. The fourth-order valence-corrected chi connectivity index (χ4v) is 2.73. The molecule has 0 amide bonds. The van der Waals surface area contributed by atoms with Crippen molar-refractivity contribution in [1.29, 1.82) is 0 Å². The summed E-state index contributed by atoms with van der Waals surface area (Å²) in [6, 6.07) is 4.99. The highest BCUT2D eigenvalue weighted by Gasteiger charge is 2.27. The van der Waals surface area contributed by atoms with Crippen molar-refractivity contribution in [3.8, 4) is 0 Å². The molecule has 0 radical (unpaired) electrons. The molecule has 1 unspecified atom stereocenters. The van der Waals surface area contributed by atoms with Gasteiger partial charge in [-0.15, -0.1) is 0 Å². The van der Waals surface area contributed by atoms with Crippen LogP contribution in [-0.2, 0) is 0 Å². The van der Waals surface area contributed by atoms with Gasteiger partial charge in [0.25, 0.3) is 0 Å². The van der Waals surface area contributed by atoms with Crippen LogP contribution in [0.2, 0.25) is 0 Å². The van der Waals surface area contributed by atoms with E-state index >= 15 is 0 Å². The van der Waals surface area contributed by atoms with Gasteiger partial charge in [-0.2, -0.15) is 0 Å². The maximum Gasteiger partial charge on any atom is 0.133 e. The molecule has 1 saturated carbocycles. The molecule has 2 rings (SSSR count). The summed E-state index contributed by atoms with van der Waals surface area (Å²) in [4.78, 5) is 6.90. The average Bonchev–Trinajstić information content (AvgIpc) is 2.42. The molecule has 1 aliphatic rings. The molecule has 0 saturated heterocycles. The molecule has 0 bridgehead atoms. The van der Waals surface area contributed by atoms with Crippen LogP contribution in [0.25, 0.3) is 0 Å². The van der Waals surface area contributed by atoms with E-state index in [1.54, 1.807) is 0 Å². The maximum absolute atomic E-state index is 9.35. The molecule has 1 aromatic heterocycles. The minimum atomic E-state index is 0.184.